The number of amides is 1. The van der Waals surface area contributed by atoms with Gasteiger partial charge in [-0.15, -0.1) is 21.5 Å². The number of nitrogens with zero attached hydrogens (tertiary/aromatic N) is 4. The van der Waals surface area contributed by atoms with Crippen LogP contribution in [0.15, 0.2) is 29.8 Å². The van der Waals surface area contributed by atoms with Gasteiger partial charge < -0.3 is 5.32 Å². The third kappa shape index (κ3) is 3.96. The predicted octanol–water partition coefficient (Wildman–Crippen LogP) is 3.36. The van der Waals surface area contributed by atoms with Gasteiger partial charge >= 0.3 is 0 Å². The van der Waals surface area contributed by atoms with Crippen LogP contribution in [0.2, 0.25) is 0 Å². The second kappa shape index (κ2) is 6.93. The summed E-state index contributed by atoms with van der Waals surface area (Å²) < 4.78 is 0. The molecule has 0 aromatic carbocycles. The lowest BCUT2D eigenvalue weighted by atomic mass is 10.2. The number of carbonyl (C=O) groups excluding carboxylic acids is 1. The van der Waals surface area contributed by atoms with E-state index in [0.717, 1.165) is 21.4 Å². The van der Waals surface area contributed by atoms with Crippen molar-refractivity contribution in [3.63, 3.8) is 0 Å². The van der Waals surface area contributed by atoms with Crippen molar-refractivity contribution in [1.29, 1.82) is 0 Å². The fourth-order valence-electron chi connectivity index (χ4n) is 1.84. The van der Waals surface area contributed by atoms with E-state index in [0.29, 0.717) is 11.0 Å². The molecule has 0 radical (unpaired) electrons. The minimum Gasteiger partial charge on any atom is -0.300 e. The van der Waals surface area contributed by atoms with Gasteiger partial charge in [-0.1, -0.05) is 31.3 Å². The summed E-state index contributed by atoms with van der Waals surface area (Å²) >= 11 is 2.88. The quantitative estimate of drug-likeness (QED) is 0.767. The summed E-state index contributed by atoms with van der Waals surface area (Å²) in [5, 5.41) is 14.9. The number of carbonyl (C=O) groups is 1. The summed E-state index contributed by atoms with van der Waals surface area (Å²) in [4.78, 5) is 20.8. The molecule has 23 heavy (non-hydrogen) atoms. The second-order valence-electron chi connectivity index (χ2n) is 5.18. The lowest BCUT2D eigenvalue weighted by Crippen LogP contribution is -2.14. The number of thiazole rings is 1. The van der Waals surface area contributed by atoms with E-state index < -0.39 is 0 Å². The van der Waals surface area contributed by atoms with Crippen LogP contribution in [-0.4, -0.2) is 26.1 Å². The Hall–Kier alpha value is -2.19. The van der Waals surface area contributed by atoms with Gasteiger partial charge in [-0.2, -0.15) is 0 Å². The van der Waals surface area contributed by atoms with E-state index in [1.54, 1.807) is 6.20 Å². The number of hydrogen-bond donors (Lipinski definition) is 1. The van der Waals surface area contributed by atoms with Crippen molar-refractivity contribution < 1.29 is 4.79 Å². The topological polar surface area (TPSA) is 80.7 Å². The zero-order valence-electron chi connectivity index (χ0n) is 12.7. The Morgan fingerprint density at radius 1 is 1.30 bits per heavy atom. The summed E-state index contributed by atoms with van der Waals surface area (Å²) in [6.07, 6.45) is 1.94. The molecule has 6 nitrogen and oxygen atoms in total. The van der Waals surface area contributed by atoms with Crippen molar-refractivity contribution >= 4 is 33.7 Å². The van der Waals surface area contributed by atoms with Gasteiger partial charge in [0.1, 0.15) is 10.0 Å². The maximum absolute atomic E-state index is 12.1. The molecule has 8 heteroatoms. The van der Waals surface area contributed by atoms with E-state index in [1.165, 1.54) is 22.7 Å². The SMILES string of the molecule is CC(C)c1nnc(NC(=O)Cc2csc(-c3ccccn3)n2)s1. The average molecular weight is 345 g/mol. The van der Waals surface area contributed by atoms with E-state index in [1.807, 2.05) is 37.4 Å². The molecular weight excluding hydrogens is 330 g/mol. The summed E-state index contributed by atoms with van der Waals surface area (Å²) in [5.74, 6) is 0.159. The van der Waals surface area contributed by atoms with Crippen molar-refractivity contribution in [1.82, 2.24) is 20.2 Å². The highest BCUT2D eigenvalue weighted by atomic mass is 32.1. The molecule has 0 saturated heterocycles. The molecule has 118 valence electrons. The first-order chi connectivity index (χ1) is 11.1. The van der Waals surface area contributed by atoms with Gasteiger partial charge in [0.05, 0.1) is 17.8 Å². The van der Waals surface area contributed by atoms with Gasteiger partial charge in [-0.25, -0.2) is 4.98 Å². The smallest absolute Gasteiger partial charge is 0.232 e. The van der Waals surface area contributed by atoms with E-state index in [4.69, 9.17) is 0 Å². The minimum atomic E-state index is -0.144. The zero-order valence-corrected chi connectivity index (χ0v) is 14.3. The van der Waals surface area contributed by atoms with Gasteiger partial charge in [0, 0.05) is 17.5 Å². The standard InChI is InChI=1S/C15H15N5OS2/c1-9(2)13-19-20-15(23-13)18-12(21)7-10-8-22-14(17-10)11-5-3-4-6-16-11/h3-6,8-9H,7H2,1-2H3,(H,18,20,21). The molecular formula is C15H15N5OS2. The summed E-state index contributed by atoms with van der Waals surface area (Å²) in [5.41, 5.74) is 1.54. The fourth-order valence-corrected chi connectivity index (χ4v) is 3.40. The van der Waals surface area contributed by atoms with Crippen molar-refractivity contribution in [2.75, 3.05) is 5.32 Å². The molecule has 0 saturated carbocycles. The van der Waals surface area contributed by atoms with E-state index in [2.05, 4.69) is 25.5 Å². The largest absolute Gasteiger partial charge is 0.300 e. The normalized spacial score (nSPS) is 10.9. The number of rotatable bonds is 5. The van der Waals surface area contributed by atoms with Crippen LogP contribution >= 0.6 is 22.7 Å². The van der Waals surface area contributed by atoms with Crippen LogP contribution in [0, 0.1) is 0 Å². The monoisotopic (exact) mass is 345 g/mol. The minimum absolute atomic E-state index is 0.144. The first-order valence-electron chi connectivity index (χ1n) is 7.11. The molecule has 1 N–H and O–H groups in total. The van der Waals surface area contributed by atoms with E-state index in [9.17, 15) is 4.79 Å². The molecule has 0 spiro atoms. The predicted molar refractivity (Wildman–Crippen MR) is 91.7 cm³/mol. The first kappa shape index (κ1) is 15.7. The molecule has 0 aliphatic heterocycles. The van der Waals surface area contributed by atoms with Crippen molar-refractivity contribution in [2.45, 2.75) is 26.2 Å². The average Bonchev–Trinajstić information content (AvgIpc) is 3.18. The number of anilines is 1. The summed E-state index contributed by atoms with van der Waals surface area (Å²) in [7, 11) is 0. The van der Waals surface area contributed by atoms with Gasteiger partial charge in [0.25, 0.3) is 0 Å². The van der Waals surface area contributed by atoms with Crippen LogP contribution in [0.4, 0.5) is 5.13 Å². The van der Waals surface area contributed by atoms with Crippen LogP contribution in [-0.2, 0) is 11.2 Å². The molecule has 3 aromatic heterocycles. The highest BCUT2D eigenvalue weighted by molar-refractivity contribution is 7.15. The lowest BCUT2D eigenvalue weighted by molar-refractivity contribution is -0.115. The van der Waals surface area contributed by atoms with Crippen LogP contribution in [0.1, 0.15) is 30.5 Å². The highest BCUT2D eigenvalue weighted by Crippen LogP contribution is 2.23. The maximum atomic E-state index is 12.1. The zero-order chi connectivity index (χ0) is 16.2. The third-order valence-corrected chi connectivity index (χ3v) is 5.01. The van der Waals surface area contributed by atoms with Gasteiger partial charge in [-0.05, 0) is 12.1 Å². The molecule has 0 aliphatic rings. The molecule has 3 aromatic rings. The van der Waals surface area contributed by atoms with Crippen LogP contribution in [0.3, 0.4) is 0 Å². The number of nitrogens with one attached hydrogen (secondary N) is 1. The molecule has 0 fully saturated rings. The molecule has 0 aliphatic carbocycles. The van der Waals surface area contributed by atoms with Gasteiger partial charge in [0.15, 0.2) is 0 Å². The van der Waals surface area contributed by atoms with Gasteiger partial charge in [-0.3, -0.25) is 9.78 Å². The van der Waals surface area contributed by atoms with Gasteiger partial charge in [0.2, 0.25) is 11.0 Å². The molecule has 3 heterocycles. The fraction of sp³-hybridized carbons (Fsp3) is 0.267. The van der Waals surface area contributed by atoms with E-state index >= 15 is 0 Å². The lowest BCUT2D eigenvalue weighted by Gasteiger charge is -1.98. The Morgan fingerprint density at radius 2 is 2.17 bits per heavy atom. The highest BCUT2D eigenvalue weighted by Gasteiger charge is 2.13. The summed E-state index contributed by atoms with van der Waals surface area (Å²) in [6, 6.07) is 5.67. The van der Waals surface area contributed by atoms with Crippen molar-refractivity contribution in [2.24, 2.45) is 0 Å². The Labute approximate surface area is 141 Å². The second-order valence-corrected chi connectivity index (χ2v) is 7.05. The molecule has 1 amide bonds. The van der Waals surface area contributed by atoms with Crippen molar-refractivity contribution in [3.05, 3.63) is 40.5 Å². The molecule has 3 rings (SSSR count). The van der Waals surface area contributed by atoms with Crippen molar-refractivity contribution in [3.8, 4) is 10.7 Å². The van der Waals surface area contributed by atoms with Crippen LogP contribution < -0.4 is 5.32 Å². The number of aromatic nitrogens is 4. The maximum Gasteiger partial charge on any atom is 0.232 e. The third-order valence-electron chi connectivity index (χ3n) is 2.96. The van der Waals surface area contributed by atoms with Crippen LogP contribution in [0.25, 0.3) is 10.7 Å². The number of pyridine rings is 1. The molecule has 0 bridgehead atoms. The Balaban J connectivity index is 1.63. The van der Waals surface area contributed by atoms with Crippen LogP contribution in [0.5, 0.6) is 0 Å². The Bertz CT molecular complexity index is 797. The van der Waals surface area contributed by atoms with E-state index in [-0.39, 0.29) is 12.3 Å². The molecule has 0 unspecified atom stereocenters. The molecule has 0 atom stereocenters. The number of hydrogen-bond acceptors (Lipinski definition) is 7. The first-order valence-corrected chi connectivity index (χ1v) is 8.80. The Kier molecular flexibility index (Phi) is 4.73. The Morgan fingerprint density at radius 3 is 2.87 bits per heavy atom. The summed E-state index contributed by atoms with van der Waals surface area (Å²) in [6.45, 7) is 4.08.